The average Bonchev–Trinajstić information content (AvgIpc) is 1.25. The first-order valence-electron chi connectivity index (χ1n) is 1.22. The summed E-state index contributed by atoms with van der Waals surface area (Å²) in [5.74, 6) is 0. The third-order valence-electron chi connectivity index (χ3n) is 0. The Morgan fingerprint density at radius 3 is 0.727 bits per heavy atom. The quantitative estimate of drug-likeness (QED) is 0.408. The molecule has 0 saturated carbocycles. The van der Waals surface area contributed by atoms with E-state index in [4.69, 9.17) is 21.4 Å². The molecule has 0 aliphatic carbocycles. The average molecular weight is 294 g/mol. The van der Waals surface area contributed by atoms with Crippen LogP contribution in [0.15, 0.2) is 0 Å². The summed E-state index contributed by atoms with van der Waals surface area (Å²) in [4.78, 5) is 0. The van der Waals surface area contributed by atoms with Gasteiger partial charge in [-0.1, -0.05) is 0 Å². The molecule has 0 spiro atoms. The molecule has 0 aromatic rings. The van der Waals surface area contributed by atoms with Crippen LogP contribution in [0.4, 0.5) is 0 Å². The fourth-order valence-electron chi connectivity index (χ4n) is 0. The van der Waals surface area contributed by atoms with Crippen molar-refractivity contribution >= 4 is 23.1 Å². The predicted molar refractivity (Wildman–Crippen MR) is 7.13 cm³/mol. The van der Waals surface area contributed by atoms with Gasteiger partial charge in [0.15, 0.2) is 0 Å². The number of hydrogen-bond acceptors (Lipinski definition) is 6. The molecule has 0 heterocycles. The van der Waals surface area contributed by atoms with Gasteiger partial charge in [-0.15, -0.1) is 0 Å². The fourth-order valence-corrected chi connectivity index (χ4v) is 0. The van der Waals surface area contributed by atoms with E-state index < -0.39 is 37.2 Å². The summed E-state index contributed by atoms with van der Waals surface area (Å²) in [6.45, 7) is 0. The van der Waals surface area contributed by atoms with E-state index >= 15 is 0 Å². The molecular formula is K2MgO6Ti2. The Kier molecular flexibility index (Phi) is 65.5. The van der Waals surface area contributed by atoms with Crippen molar-refractivity contribution in [2.24, 2.45) is 0 Å². The first-order chi connectivity index (χ1) is 3.46. The van der Waals surface area contributed by atoms with Gasteiger partial charge in [0.05, 0.1) is 0 Å². The van der Waals surface area contributed by atoms with E-state index in [0.29, 0.717) is 0 Å². The van der Waals surface area contributed by atoms with Crippen LogP contribution in [0.1, 0.15) is 0 Å². The van der Waals surface area contributed by atoms with Crippen LogP contribution in [-0.2, 0) is 43.9 Å². The van der Waals surface area contributed by atoms with E-state index in [2.05, 4.69) is 0 Å². The molecule has 0 atom stereocenters. The molecule has 0 saturated heterocycles. The Hall–Kier alpha value is 4.91. The van der Waals surface area contributed by atoms with Gasteiger partial charge in [-0.3, -0.25) is 0 Å². The van der Waals surface area contributed by atoms with E-state index in [0.717, 1.165) is 0 Å². The fraction of sp³-hybridized carbons (Fsp3) is 0. The molecule has 0 unspecified atom stereocenters. The summed E-state index contributed by atoms with van der Waals surface area (Å²) in [6.07, 6.45) is 0. The molecule has 0 bridgehead atoms. The summed E-state index contributed by atoms with van der Waals surface area (Å²) in [5.41, 5.74) is 0. The minimum atomic E-state index is -4.08. The SMILES string of the molecule is [K+].[K+].[Mg+2].[O]=[Ti]([O-])[O-].[O]=[Ti]([O-])[O-]. The van der Waals surface area contributed by atoms with Crippen LogP contribution >= 0.6 is 0 Å². The summed E-state index contributed by atoms with van der Waals surface area (Å²) < 4.78 is 51.5. The van der Waals surface area contributed by atoms with Crippen LogP contribution < -0.4 is 118 Å². The molecule has 0 fully saturated rings. The summed E-state index contributed by atoms with van der Waals surface area (Å²) >= 11 is -8.17. The molecular weight excluding hydrogens is 294 g/mol. The first-order valence-corrected chi connectivity index (χ1v) is 5.05. The topological polar surface area (TPSA) is 126 Å². The summed E-state index contributed by atoms with van der Waals surface area (Å²) in [6, 6.07) is 0. The molecule has 0 amide bonds. The molecule has 11 heteroatoms. The van der Waals surface area contributed by atoms with Gasteiger partial charge in [-0.2, -0.15) is 0 Å². The van der Waals surface area contributed by atoms with Gasteiger partial charge in [0.2, 0.25) is 0 Å². The zero-order valence-electron chi connectivity index (χ0n) is 6.16. The Balaban J connectivity index is -0.0000000171. The van der Waals surface area contributed by atoms with Crippen LogP contribution in [0.3, 0.4) is 0 Å². The van der Waals surface area contributed by atoms with E-state index in [1.54, 1.807) is 0 Å². The Morgan fingerprint density at radius 2 is 0.727 bits per heavy atom. The Morgan fingerprint density at radius 1 is 0.727 bits per heavy atom. The van der Waals surface area contributed by atoms with Crippen molar-refractivity contribution in [2.45, 2.75) is 0 Å². The van der Waals surface area contributed by atoms with Crippen LogP contribution in [0, 0.1) is 0 Å². The van der Waals surface area contributed by atoms with Crippen molar-refractivity contribution < 1.29 is 161 Å². The number of hydrogen-bond donors (Lipinski definition) is 0. The molecule has 11 heavy (non-hydrogen) atoms. The second-order valence-corrected chi connectivity index (χ2v) is 2.06. The maximum absolute atomic E-state index is 8.58. The summed E-state index contributed by atoms with van der Waals surface area (Å²) in [5, 5.41) is 0. The van der Waals surface area contributed by atoms with Gasteiger partial charge in [0, 0.05) is 0 Å². The zero-order valence-corrected chi connectivity index (χ0v) is 16.9. The van der Waals surface area contributed by atoms with E-state index in [1.165, 1.54) is 0 Å². The molecule has 0 radical (unpaired) electrons. The van der Waals surface area contributed by atoms with Gasteiger partial charge in [0.25, 0.3) is 0 Å². The molecule has 0 aliphatic heterocycles. The first kappa shape index (κ1) is 29.7. The van der Waals surface area contributed by atoms with Crippen LogP contribution in [0.2, 0.25) is 0 Å². The number of rotatable bonds is 0. The molecule has 0 rings (SSSR count). The molecule has 0 aromatic heterocycles. The van der Waals surface area contributed by atoms with Crippen molar-refractivity contribution in [2.75, 3.05) is 0 Å². The second-order valence-electron chi connectivity index (χ2n) is 0.500. The predicted octanol–water partition coefficient (Wildman–Crippen LogP) is -11.4. The van der Waals surface area contributed by atoms with Crippen molar-refractivity contribution in [3.8, 4) is 0 Å². The van der Waals surface area contributed by atoms with Crippen molar-refractivity contribution in [1.29, 1.82) is 0 Å². The second kappa shape index (κ2) is 24.2. The standard InChI is InChI=1S/2K.Mg.6O.2Ti/q2*+1;+2;;;4*-1;;. The van der Waals surface area contributed by atoms with E-state index in [-0.39, 0.29) is 126 Å². The molecule has 0 N–H and O–H groups in total. The van der Waals surface area contributed by atoms with Crippen LogP contribution in [-0.4, -0.2) is 23.1 Å². The van der Waals surface area contributed by atoms with Crippen molar-refractivity contribution in [3.05, 3.63) is 0 Å². The minimum absolute atomic E-state index is 0. The normalized spacial score (nSPS) is 4.73. The third kappa shape index (κ3) is 103. The van der Waals surface area contributed by atoms with Crippen molar-refractivity contribution in [1.82, 2.24) is 0 Å². The Labute approximate surface area is 179 Å². The Bertz CT molecular complexity index is 76.6. The van der Waals surface area contributed by atoms with Crippen LogP contribution in [0.5, 0.6) is 0 Å². The molecule has 0 aromatic carbocycles. The zero-order chi connectivity index (χ0) is 7.15. The third-order valence-corrected chi connectivity index (χ3v) is 0. The van der Waals surface area contributed by atoms with E-state index in [1.807, 2.05) is 0 Å². The monoisotopic (exact) mass is 294 g/mol. The van der Waals surface area contributed by atoms with E-state index in [9.17, 15) is 0 Å². The van der Waals surface area contributed by atoms with Crippen LogP contribution in [0.25, 0.3) is 0 Å². The molecule has 48 valence electrons. The molecule has 6 nitrogen and oxygen atoms in total. The van der Waals surface area contributed by atoms with Gasteiger partial charge in [0.1, 0.15) is 0 Å². The maximum atomic E-state index is 8.58. The molecule has 0 aliphatic rings. The van der Waals surface area contributed by atoms with Gasteiger partial charge < -0.3 is 0 Å². The van der Waals surface area contributed by atoms with Gasteiger partial charge in [-0.25, -0.2) is 0 Å². The summed E-state index contributed by atoms with van der Waals surface area (Å²) in [7, 11) is 0. The van der Waals surface area contributed by atoms with Crippen molar-refractivity contribution in [3.63, 3.8) is 0 Å². The van der Waals surface area contributed by atoms with Gasteiger partial charge in [-0.05, 0) is 0 Å². The van der Waals surface area contributed by atoms with Gasteiger partial charge >= 0.3 is 184 Å².